The van der Waals surface area contributed by atoms with Gasteiger partial charge in [0.15, 0.2) is 0 Å². The number of alkyl halides is 2. The van der Waals surface area contributed by atoms with Gasteiger partial charge in [-0.2, -0.15) is 0 Å². The third kappa shape index (κ3) is 4.11. The zero-order chi connectivity index (χ0) is 11.6. The molecule has 0 spiro atoms. The number of carbonyl (C=O) groups is 1. The maximum atomic E-state index is 12.6. The Morgan fingerprint density at radius 1 is 1.53 bits per heavy atom. The Labute approximate surface area is 88.1 Å². The molecular weight excluding hydrogens is 204 g/mol. The van der Waals surface area contributed by atoms with Crippen molar-refractivity contribution < 1.29 is 18.7 Å². The molecule has 3 nitrogen and oxygen atoms in total. The third-order valence-electron chi connectivity index (χ3n) is 2.45. The molecule has 0 saturated carbocycles. The third-order valence-corrected chi connectivity index (χ3v) is 2.45. The maximum absolute atomic E-state index is 12.6. The summed E-state index contributed by atoms with van der Waals surface area (Å²) in [6.07, 6.45) is -0.721. The number of carbonyl (C=O) groups excluding carboxylic acids is 1. The number of amides is 1. The molecule has 0 aromatic rings. The van der Waals surface area contributed by atoms with Gasteiger partial charge in [0.1, 0.15) is 0 Å². The van der Waals surface area contributed by atoms with Gasteiger partial charge in [-0.05, 0) is 19.3 Å². The molecule has 1 rings (SSSR count). The van der Waals surface area contributed by atoms with Crippen LogP contribution in [0.15, 0.2) is 0 Å². The van der Waals surface area contributed by atoms with Crippen molar-refractivity contribution in [1.82, 2.24) is 4.90 Å². The van der Waals surface area contributed by atoms with Crippen LogP contribution in [0.2, 0.25) is 0 Å². The highest BCUT2D eigenvalue weighted by Gasteiger charge is 2.32. The molecule has 88 valence electrons. The minimum absolute atomic E-state index is 0.170. The van der Waals surface area contributed by atoms with Crippen molar-refractivity contribution in [2.24, 2.45) is 5.92 Å². The van der Waals surface area contributed by atoms with Crippen molar-refractivity contribution in [3.8, 4) is 0 Å². The van der Waals surface area contributed by atoms with E-state index in [1.807, 2.05) is 6.92 Å². The summed E-state index contributed by atoms with van der Waals surface area (Å²) in [6, 6.07) is 0. The molecule has 0 aromatic heterocycles. The van der Waals surface area contributed by atoms with Gasteiger partial charge in [0.2, 0.25) is 5.91 Å². The van der Waals surface area contributed by atoms with Crippen LogP contribution in [0.3, 0.4) is 0 Å². The Hall–Kier alpha value is -0.710. The van der Waals surface area contributed by atoms with Crippen molar-refractivity contribution in [2.75, 3.05) is 13.1 Å². The molecule has 0 bridgehead atoms. The monoisotopic (exact) mass is 221 g/mol. The number of hydrogen-bond acceptors (Lipinski definition) is 2. The largest absolute Gasteiger partial charge is 0.391 e. The molecule has 0 aliphatic carbocycles. The van der Waals surface area contributed by atoms with Crippen molar-refractivity contribution in [1.29, 1.82) is 0 Å². The highest BCUT2D eigenvalue weighted by molar-refractivity contribution is 5.77. The van der Waals surface area contributed by atoms with E-state index in [0.717, 1.165) is 6.92 Å². The van der Waals surface area contributed by atoms with Crippen molar-refractivity contribution in [3.63, 3.8) is 0 Å². The van der Waals surface area contributed by atoms with Gasteiger partial charge in [-0.15, -0.1) is 0 Å². The Morgan fingerprint density at radius 2 is 2.13 bits per heavy atom. The zero-order valence-electron chi connectivity index (χ0n) is 9.04. The van der Waals surface area contributed by atoms with Crippen LogP contribution in [-0.4, -0.2) is 41.0 Å². The average Bonchev–Trinajstić information content (AvgIpc) is 1.98. The molecule has 1 heterocycles. The molecule has 2 atom stereocenters. The lowest BCUT2D eigenvalue weighted by atomic mass is 9.97. The first-order valence-electron chi connectivity index (χ1n) is 5.11. The van der Waals surface area contributed by atoms with E-state index in [1.165, 1.54) is 4.90 Å². The lowest BCUT2D eigenvalue weighted by Gasteiger charge is -2.34. The van der Waals surface area contributed by atoms with Gasteiger partial charge < -0.3 is 10.0 Å². The number of aliphatic hydroxyl groups is 1. The fourth-order valence-corrected chi connectivity index (χ4v) is 1.90. The van der Waals surface area contributed by atoms with E-state index in [2.05, 4.69) is 0 Å². The number of likely N-dealkylation sites (tertiary alicyclic amines) is 1. The summed E-state index contributed by atoms with van der Waals surface area (Å²) in [5.41, 5.74) is 0. The van der Waals surface area contributed by atoms with Crippen LogP contribution in [0, 0.1) is 5.92 Å². The second-order valence-corrected chi connectivity index (χ2v) is 4.54. The van der Waals surface area contributed by atoms with Crippen LogP contribution in [0.4, 0.5) is 8.78 Å². The van der Waals surface area contributed by atoms with Crippen LogP contribution in [0.25, 0.3) is 0 Å². The molecule has 0 aromatic carbocycles. The summed E-state index contributed by atoms with van der Waals surface area (Å²) < 4.78 is 25.2. The van der Waals surface area contributed by atoms with E-state index >= 15 is 0 Å². The summed E-state index contributed by atoms with van der Waals surface area (Å²) >= 11 is 0. The number of rotatable bonds is 2. The average molecular weight is 221 g/mol. The van der Waals surface area contributed by atoms with Crippen LogP contribution >= 0.6 is 0 Å². The van der Waals surface area contributed by atoms with Crippen molar-refractivity contribution in [3.05, 3.63) is 0 Å². The fraction of sp³-hybridized carbons (Fsp3) is 0.900. The predicted molar refractivity (Wildman–Crippen MR) is 51.6 cm³/mol. The molecule has 1 saturated heterocycles. The molecule has 0 unspecified atom stereocenters. The number of β-amino-alcohol motifs (C(OH)–C–C–N with tert-alkyl or cyclic N) is 1. The molecule has 1 fully saturated rings. The summed E-state index contributed by atoms with van der Waals surface area (Å²) in [7, 11) is 0. The fourth-order valence-electron chi connectivity index (χ4n) is 1.90. The van der Waals surface area contributed by atoms with Crippen molar-refractivity contribution in [2.45, 2.75) is 38.7 Å². The minimum Gasteiger partial charge on any atom is -0.391 e. The number of halogens is 2. The van der Waals surface area contributed by atoms with Gasteiger partial charge in [-0.3, -0.25) is 4.79 Å². The topological polar surface area (TPSA) is 40.5 Å². The smallest absolute Gasteiger partial charge is 0.254 e. The van der Waals surface area contributed by atoms with E-state index < -0.39 is 24.4 Å². The first-order valence-corrected chi connectivity index (χ1v) is 5.11. The van der Waals surface area contributed by atoms with Gasteiger partial charge >= 0.3 is 0 Å². The molecule has 1 aliphatic rings. The number of piperidine rings is 1. The Bertz CT molecular complexity index is 230. The van der Waals surface area contributed by atoms with E-state index in [9.17, 15) is 18.7 Å². The highest BCUT2D eigenvalue weighted by Crippen LogP contribution is 2.22. The molecule has 15 heavy (non-hydrogen) atoms. The molecule has 1 aliphatic heterocycles. The standard InChI is InChI=1S/C10H17F2NO2/c1-7-3-8(14)6-13(5-7)9(15)4-10(2,11)12/h7-8,14H,3-6H2,1-2H3/t7-,8+/m1/s1. The SMILES string of the molecule is C[C@@H]1C[C@H](O)CN(C(=O)CC(C)(F)F)C1. The second-order valence-electron chi connectivity index (χ2n) is 4.54. The van der Waals surface area contributed by atoms with Gasteiger partial charge in [0.25, 0.3) is 5.92 Å². The first kappa shape index (κ1) is 12.4. The predicted octanol–water partition coefficient (Wildman–Crippen LogP) is 1.26. The number of nitrogens with zero attached hydrogens (tertiary/aromatic N) is 1. The summed E-state index contributed by atoms with van der Waals surface area (Å²) in [5, 5.41) is 9.42. The van der Waals surface area contributed by atoms with Crippen LogP contribution in [0.5, 0.6) is 0 Å². The van der Waals surface area contributed by atoms with E-state index in [0.29, 0.717) is 13.0 Å². The van der Waals surface area contributed by atoms with Crippen molar-refractivity contribution >= 4 is 5.91 Å². The minimum atomic E-state index is -2.97. The first-order chi connectivity index (χ1) is 6.78. The zero-order valence-corrected chi connectivity index (χ0v) is 9.04. The Balaban J connectivity index is 2.52. The van der Waals surface area contributed by atoms with Crippen LogP contribution in [-0.2, 0) is 4.79 Å². The maximum Gasteiger partial charge on any atom is 0.254 e. The van der Waals surface area contributed by atoms with Crippen LogP contribution < -0.4 is 0 Å². The quantitative estimate of drug-likeness (QED) is 0.762. The van der Waals surface area contributed by atoms with Gasteiger partial charge in [0, 0.05) is 13.1 Å². The summed E-state index contributed by atoms with van der Waals surface area (Å²) in [6.45, 7) is 3.27. The van der Waals surface area contributed by atoms with E-state index in [1.54, 1.807) is 0 Å². The molecule has 5 heteroatoms. The van der Waals surface area contributed by atoms with Gasteiger partial charge in [-0.25, -0.2) is 8.78 Å². The lowest BCUT2D eigenvalue weighted by molar-refractivity contribution is -0.142. The summed E-state index contributed by atoms with van der Waals surface area (Å²) in [5.74, 6) is -3.38. The Morgan fingerprint density at radius 3 is 2.60 bits per heavy atom. The van der Waals surface area contributed by atoms with E-state index in [4.69, 9.17) is 0 Å². The van der Waals surface area contributed by atoms with Gasteiger partial charge in [0.05, 0.1) is 12.5 Å². The molecular formula is C10H17F2NO2. The van der Waals surface area contributed by atoms with Gasteiger partial charge in [-0.1, -0.05) is 6.92 Å². The van der Waals surface area contributed by atoms with E-state index in [-0.39, 0.29) is 12.5 Å². The lowest BCUT2D eigenvalue weighted by Crippen LogP contribution is -2.46. The molecule has 1 N–H and O–H groups in total. The molecule has 0 radical (unpaired) electrons. The molecule has 1 amide bonds. The highest BCUT2D eigenvalue weighted by atomic mass is 19.3. The van der Waals surface area contributed by atoms with Crippen LogP contribution in [0.1, 0.15) is 26.7 Å². The second kappa shape index (κ2) is 4.43. The summed E-state index contributed by atoms with van der Waals surface area (Å²) in [4.78, 5) is 12.8. The Kier molecular flexibility index (Phi) is 3.65. The number of hydrogen-bond donors (Lipinski definition) is 1. The number of aliphatic hydroxyl groups excluding tert-OH is 1. The normalized spacial score (nSPS) is 27.9.